The topological polar surface area (TPSA) is 146 Å². The lowest BCUT2D eigenvalue weighted by molar-refractivity contribution is -0.173. The number of methoxy groups -OCH3 is 1. The lowest BCUT2D eigenvalue weighted by Crippen LogP contribution is -2.55. The first-order chi connectivity index (χ1) is 19.8. The van der Waals surface area contributed by atoms with Crippen LogP contribution in [0.1, 0.15) is 36.5 Å². The molecule has 0 radical (unpaired) electrons. The first kappa shape index (κ1) is 33.5. The van der Waals surface area contributed by atoms with Crippen molar-refractivity contribution in [2.45, 2.75) is 69.1 Å². The van der Waals surface area contributed by atoms with Crippen LogP contribution < -0.4 is 20.7 Å². The number of hydrogen-bond donors (Lipinski definition) is 5. The van der Waals surface area contributed by atoms with Crippen LogP contribution >= 0.6 is 0 Å². The van der Waals surface area contributed by atoms with E-state index in [1.807, 2.05) is 6.07 Å². The molecule has 5 N–H and O–H groups in total. The maximum Gasteiger partial charge on any atom is 0.471 e. The summed E-state index contributed by atoms with van der Waals surface area (Å²) in [4.78, 5) is 24.2. The van der Waals surface area contributed by atoms with Gasteiger partial charge in [-0.3, -0.25) is 9.59 Å². The molecule has 1 fully saturated rings. The van der Waals surface area contributed by atoms with Gasteiger partial charge in [-0.05, 0) is 42.5 Å². The van der Waals surface area contributed by atoms with Crippen molar-refractivity contribution in [3.8, 4) is 0 Å². The van der Waals surface area contributed by atoms with E-state index in [-0.39, 0.29) is 19.0 Å². The molecule has 10 nitrogen and oxygen atoms in total. The Morgan fingerprint density at radius 3 is 2.29 bits per heavy atom. The number of alkyl halides is 3. The van der Waals surface area contributed by atoms with Crippen molar-refractivity contribution >= 4 is 21.8 Å². The van der Waals surface area contributed by atoms with Crippen LogP contribution in [0.5, 0.6) is 0 Å². The molecule has 1 saturated heterocycles. The Morgan fingerprint density at radius 1 is 1.07 bits per heavy atom. The Bertz CT molecular complexity index is 1270. The number of benzene rings is 2. The molecule has 3 rings (SSSR count). The monoisotopic (exact) mass is 614 g/mol. The molecular formula is C28H37F3N4O6S. The summed E-state index contributed by atoms with van der Waals surface area (Å²) >= 11 is 0. The molecule has 5 atom stereocenters. The number of amides is 2. The highest BCUT2D eigenvalue weighted by atomic mass is 32.2. The minimum absolute atomic E-state index is 0.000883. The molecule has 0 aromatic heterocycles. The number of aliphatic hydroxyl groups excluding tert-OH is 1. The maximum atomic E-state index is 13.2. The summed E-state index contributed by atoms with van der Waals surface area (Å²) in [6.07, 6.45) is -5.13. The molecule has 232 valence electrons. The number of halogens is 3. The number of carbonyl (C=O) groups excluding carboxylic acids is 2. The third-order valence-corrected chi connectivity index (χ3v) is 8.39. The number of nitrogens with one attached hydrogen (secondary N) is 4. The fraction of sp³-hybridized carbons (Fsp3) is 0.500. The summed E-state index contributed by atoms with van der Waals surface area (Å²) in [5.41, 5.74) is 1.40. The van der Waals surface area contributed by atoms with E-state index < -0.39 is 58.1 Å². The molecule has 1 unspecified atom stereocenters. The third-order valence-electron chi connectivity index (χ3n) is 7.07. The Morgan fingerprint density at radius 2 is 1.71 bits per heavy atom. The van der Waals surface area contributed by atoms with Gasteiger partial charge in [-0.25, -0.2) is 8.42 Å². The van der Waals surface area contributed by atoms with Gasteiger partial charge in [-0.15, -0.1) is 0 Å². The summed E-state index contributed by atoms with van der Waals surface area (Å²) in [6.45, 7) is 2.16. The number of ether oxygens (including phenoxy) is 1. The van der Waals surface area contributed by atoms with Gasteiger partial charge in [0.1, 0.15) is 6.23 Å². The molecule has 0 saturated carbocycles. The summed E-state index contributed by atoms with van der Waals surface area (Å²) in [5, 5.41) is 18.8. The quantitative estimate of drug-likeness (QED) is 0.204. The van der Waals surface area contributed by atoms with Crippen LogP contribution in [0.2, 0.25) is 0 Å². The van der Waals surface area contributed by atoms with Crippen LogP contribution in [0, 0.1) is 5.92 Å². The molecule has 1 heterocycles. The smallest absolute Gasteiger partial charge is 0.379 e. The standard InChI is InChI=1S/C28H37F3N4O6S/c1-18(24(41-2)22-9-6-14-32-22)25(36)34-23(15-19-7-4-3-5-8-19)26(37)35-42(39,40)17-21-12-10-20(11-13-21)16-33-27(38)28(29,30)31/h3-5,7-8,10-13,18,22-24,26,32,35,37H,6,9,14-17H2,1-2H3,(H,33,38)(H,34,36)/t18-,22+,23+,24-,26?/m1/s1. The van der Waals surface area contributed by atoms with E-state index in [4.69, 9.17) is 4.74 Å². The second-order valence-corrected chi connectivity index (χ2v) is 12.1. The van der Waals surface area contributed by atoms with Crippen LogP contribution in [0.25, 0.3) is 0 Å². The zero-order valence-electron chi connectivity index (χ0n) is 23.4. The van der Waals surface area contributed by atoms with Crippen molar-refractivity contribution in [2.24, 2.45) is 5.92 Å². The largest absolute Gasteiger partial charge is 0.471 e. The average Bonchev–Trinajstić information content (AvgIpc) is 3.46. The Kier molecular flexibility index (Phi) is 11.9. The summed E-state index contributed by atoms with van der Waals surface area (Å²) in [6, 6.07) is 13.5. The van der Waals surface area contributed by atoms with E-state index in [2.05, 4.69) is 15.4 Å². The second-order valence-electron chi connectivity index (χ2n) is 10.3. The molecular weight excluding hydrogens is 577 g/mol. The highest BCUT2D eigenvalue weighted by molar-refractivity contribution is 7.88. The van der Waals surface area contributed by atoms with Crippen LogP contribution in [0.15, 0.2) is 54.6 Å². The molecule has 42 heavy (non-hydrogen) atoms. The van der Waals surface area contributed by atoms with Crippen molar-refractivity contribution in [2.75, 3.05) is 13.7 Å². The fourth-order valence-corrected chi connectivity index (χ4v) is 6.09. The van der Waals surface area contributed by atoms with Crippen LogP contribution in [0.4, 0.5) is 13.2 Å². The summed E-state index contributed by atoms with van der Waals surface area (Å²) < 4.78 is 70.8. The van der Waals surface area contributed by atoms with Gasteiger partial charge in [-0.1, -0.05) is 61.5 Å². The highest BCUT2D eigenvalue weighted by Gasteiger charge is 2.38. The normalized spacial score (nSPS) is 18.6. The molecule has 2 amide bonds. The lowest BCUT2D eigenvalue weighted by atomic mass is 9.94. The van der Waals surface area contributed by atoms with Gasteiger partial charge < -0.3 is 25.8 Å². The second kappa shape index (κ2) is 14.9. The van der Waals surface area contributed by atoms with Gasteiger partial charge in [0.25, 0.3) is 0 Å². The highest BCUT2D eigenvalue weighted by Crippen LogP contribution is 2.20. The van der Waals surface area contributed by atoms with Crippen molar-refractivity contribution < 1.29 is 41.0 Å². The summed E-state index contributed by atoms with van der Waals surface area (Å²) in [5.74, 6) is -3.61. The van der Waals surface area contributed by atoms with E-state index in [9.17, 15) is 36.3 Å². The number of aliphatic hydroxyl groups is 1. The maximum absolute atomic E-state index is 13.2. The number of sulfonamides is 1. The van der Waals surface area contributed by atoms with E-state index in [1.54, 1.807) is 36.5 Å². The van der Waals surface area contributed by atoms with Gasteiger partial charge in [0.2, 0.25) is 15.9 Å². The van der Waals surface area contributed by atoms with Gasteiger partial charge in [0.05, 0.1) is 23.8 Å². The van der Waals surface area contributed by atoms with Crippen LogP contribution in [0.3, 0.4) is 0 Å². The van der Waals surface area contributed by atoms with Crippen molar-refractivity contribution in [3.05, 3.63) is 71.3 Å². The van der Waals surface area contributed by atoms with Gasteiger partial charge >= 0.3 is 12.1 Å². The first-order valence-electron chi connectivity index (χ1n) is 13.5. The van der Waals surface area contributed by atoms with Crippen molar-refractivity contribution in [1.29, 1.82) is 0 Å². The first-order valence-corrected chi connectivity index (χ1v) is 15.2. The SMILES string of the molecule is CO[C@@H]([C@@H]1CCCN1)[C@@H](C)C(=O)N[C@@H](Cc1ccccc1)C(O)NS(=O)(=O)Cc1ccc(CNC(=O)C(F)(F)F)cc1. The minimum atomic E-state index is -5.00. The van der Waals surface area contributed by atoms with E-state index in [0.717, 1.165) is 24.9 Å². The molecule has 2 aromatic rings. The molecule has 2 aromatic carbocycles. The molecule has 14 heteroatoms. The number of rotatable bonds is 14. The van der Waals surface area contributed by atoms with Crippen molar-refractivity contribution in [1.82, 2.24) is 20.7 Å². The Hall–Kier alpha value is -3.04. The zero-order chi connectivity index (χ0) is 30.9. The number of carbonyl (C=O) groups is 2. The minimum Gasteiger partial charge on any atom is -0.379 e. The van der Waals surface area contributed by atoms with E-state index in [1.165, 1.54) is 31.4 Å². The molecule has 0 aliphatic carbocycles. The predicted molar refractivity (Wildman–Crippen MR) is 149 cm³/mol. The van der Waals surface area contributed by atoms with Gasteiger partial charge in [0, 0.05) is 19.7 Å². The molecule has 0 spiro atoms. The van der Waals surface area contributed by atoms with Gasteiger partial charge in [-0.2, -0.15) is 17.9 Å². The lowest BCUT2D eigenvalue weighted by Gasteiger charge is -2.31. The van der Waals surface area contributed by atoms with Crippen molar-refractivity contribution in [3.63, 3.8) is 0 Å². The molecule has 1 aliphatic heterocycles. The fourth-order valence-electron chi connectivity index (χ4n) is 4.84. The van der Waals surface area contributed by atoms with Crippen LogP contribution in [-0.2, 0) is 43.1 Å². The zero-order valence-corrected chi connectivity index (χ0v) is 24.2. The molecule has 0 bridgehead atoms. The predicted octanol–water partition coefficient (Wildman–Crippen LogP) is 1.73. The Balaban J connectivity index is 1.66. The number of hydrogen-bond acceptors (Lipinski definition) is 7. The van der Waals surface area contributed by atoms with E-state index in [0.29, 0.717) is 11.1 Å². The van der Waals surface area contributed by atoms with Crippen LogP contribution in [-0.4, -0.2) is 69.6 Å². The average molecular weight is 615 g/mol. The Labute approximate surface area is 243 Å². The summed E-state index contributed by atoms with van der Waals surface area (Å²) in [7, 11) is -2.59. The van der Waals surface area contributed by atoms with E-state index >= 15 is 0 Å². The molecule has 1 aliphatic rings. The van der Waals surface area contributed by atoms with Gasteiger partial charge in [0.15, 0.2) is 0 Å². The third kappa shape index (κ3) is 10.1.